The first-order valence-electron chi connectivity index (χ1n) is 7.96. The molecule has 0 N–H and O–H groups in total. The number of nitriles is 1. The number of aromatic nitrogens is 1. The van der Waals surface area contributed by atoms with Crippen molar-refractivity contribution >= 4 is 23.2 Å². The molecular weight excluding hydrogens is 412 g/mol. The van der Waals surface area contributed by atoms with E-state index in [-0.39, 0.29) is 28.4 Å². The molecular formula is C20H11Cl2F3N2O. The van der Waals surface area contributed by atoms with Crippen LogP contribution in [0.4, 0.5) is 13.2 Å². The highest BCUT2D eigenvalue weighted by atomic mass is 35.5. The highest BCUT2D eigenvalue weighted by Gasteiger charge is 2.30. The summed E-state index contributed by atoms with van der Waals surface area (Å²) < 4.78 is 40.5. The van der Waals surface area contributed by atoms with Crippen molar-refractivity contribution in [3.63, 3.8) is 0 Å². The van der Waals surface area contributed by atoms with Crippen molar-refractivity contribution in [3.05, 3.63) is 91.7 Å². The van der Waals surface area contributed by atoms with E-state index in [2.05, 4.69) is 0 Å². The average molecular weight is 423 g/mol. The van der Waals surface area contributed by atoms with Crippen LogP contribution in [0.25, 0.3) is 11.3 Å². The third-order valence-corrected chi connectivity index (χ3v) is 4.84. The Morgan fingerprint density at radius 3 is 2.39 bits per heavy atom. The molecule has 0 aliphatic rings. The molecule has 0 spiro atoms. The molecule has 0 fully saturated rings. The lowest BCUT2D eigenvalue weighted by molar-refractivity contribution is -0.137. The minimum atomic E-state index is -4.52. The topological polar surface area (TPSA) is 45.8 Å². The number of halogens is 5. The predicted octanol–water partition coefficient (Wildman–Crippen LogP) is 5.76. The lowest BCUT2D eigenvalue weighted by atomic mass is 10.1. The molecule has 0 amide bonds. The number of hydrogen-bond donors (Lipinski definition) is 0. The quantitative estimate of drug-likeness (QED) is 0.538. The van der Waals surface area contributed by atoms with Crippen molar-refractivity contribution in [1.82, 2.24) is 4.57 Å². The summed E-state index contributed by atoms with van der Waals surface area (Å²) in [5.74, 6) is 0. The summed E-state index contributed by atoms with van der Waals surface area (Å²) in [6.45, 7) is 0.0107. The van der Waals surface area contributed by atoms with Gasteiger partial charge in [-0.1, -0.05) is 41.4 Å². The van der Waals surface area contributed by atoms with Gasteiger partial charge in [0.25, 0.3) is 5.56 Å². The molecule has 0 aliphatic heterocycles. The van der Waals surface area contributed by atoms with E-state index in [0.717, 1.165) is 12.1 Å². The second-order valence-corrected chi connectivity index (χ2v) is 6.78. The van der Waals surface area contributed by atoms with Gasteiger partial charge in [-0.3, -0.25) is 4.79 Å². The van der Waals surface area contributed by atoms with Gasteiger partial charge in [0.2, 0.25) is 0 Å². The van der Waals surface area contributed by atoms with Gasteiger partial charge < -0.3 is 4.57 Å². The van der Waals surface area contributed by atoms with Crippen LogP contribution in [-0.4, -0.2) is 4.57 Å². The van der Waals surface area contributed by atoms with Crippen molar-refractivity contribution in [2.45, 2.75) is 12.7 Å². The first kappa shape index (κ1) is 20.0. The summed E-state index contributed by atoms with van der Waals surface area (Å²) >= 11 is 11.9. The third-order valence-electron chi connectivity index (χ3n) is 4.11. The summed E-state index contributed by atoms with van der Waals surface area (Å²) in [7, 11) is 0. The van der Waals surface area contributed by atoms with Crippen LogP contribution in [0.1, 0.15) is 16.7 Å². The first-order chi connectivity index (χ1) is 13.2. The molecule has 3 nitrogen and oxygen atoms in total. The predicted molar refractivity (Wildman–Crippen MR) is 101 cm³/mol. The number of rotatable bonds is 3. The van der Waals surface area contributed by atoms with E-state index in [9.17, 15) is 18.0 Å². The Labute approximate surface area is 168 Å². The number of alkyl halides is 3. The number of benzene rings is 2. The maximum Gasteiger partial charge on any atom is 0.416 e. The van der Waals surface area contributed by atoms with Gasteiger partial charge in [0, 0.05) is 0 Å². The molecule has 8 heteroatoms. The van der Waals surface area contributed by atoms with Crippen molar-refractivity contribution < 1.29 is 13.2 Å². The van der Waals surface area contributed by atoms with E-state index in [1.807, 2.05) is 0 Å². The SMILES string of the molecule is N#Cc1ccc(-c2cccc(C(F)(F)F)c2)n(Cc2ccc(Cl)c(Cl)c2)c1=O. The maximum atomic E-state index is 13.1. The molecule has 0 unspecified atom stereocenters. The fourth-order valence-corrected chi connectivity index (χ4v) is 3.07. The van der Waals surface area contributed by atoms with E-state index in [0.29, 0.717) is 10.6 Å². The number of nitrogens with zero attached hydrogens (tertiary/aromatic N) is 2. The Bertz CT molecular complexity index is 1150. The van der Waals surface area contributed by atoms with Gasteiger partial charge >= 0.3 is 6.18 Å². The molecule has 142 valence electrons. The van der Waals surface area contributed by atoms with Gasteiger partial charge in [-0.2, -0.15) is 18.4 Å². The zero-order chi connectivity index (χ0) is 20.5. The first-order valence-corrected chi connectivity index (χ1v) is 8.72. The van der Waals surface area contributed by atoms with Crippen LogP contribution >= 0.6 is 23.2 Å². The molecule has 1 heterocycles. The number of pyridine rings is 1. The normalized spacial score (nSPS) is 11.3. The van der Waals surface area contributed by atoms with E-state index in [4.69, 9.17) is 28.5 Å². The second-order valence-electron chi connectivity index (χ2n) is 5.96. The fraction of sp³-hybridized carbons (Fsp3) is 0.100. The maximum absolute atomic E-state index is 13.1. The highest BCUT2D eigenvalue weighted by Crippen LogP contribution is 2.32. The van der Waals surface area contributed by atoms with E-state index in [1.165, 1.54) is 28.8 Å². The van der Waals surface area contributed by atoms with Gasteiger partial charge in [-0.15, -0.1) is 0 Å². The molecule has 2 aromatic carbocycles. The molecule has 0 atom stereocenters. The Morgan fingerprint density at radius 1 is 1.00 bits per heavy atom. The Morgan fingerprint density at radius 2 is 1.75 bits per heavy atom. The smallest absolute Gasteiger partial charge is 0.303 e. The molecule has 0 aliphatic carbocycles. The largest absolute Gasteiger partial charge is 0.416 e. The molecule has 0 bridgehead atoms. The monoisotopic (exact) mass is 422 g/mol. The van der Waals surface area contributed by atoms with E-state index >= 15 is 0 Å². The van der Waals surface area contributed by atoms with Crippen LogP contribution in [-0.2, 0) is 12.7 Å². The van der Waals surface area contributed by atoms with Gasteiger partial charge in [0.1, 0.15) is 11.6 Å². The minimum absolute atomic E-state index is 0.0107. The van der Waals surface area contributed by atoms with Gasteiger partial charge in [0.05, 0.1) is 27.8 Å². The summed E-state index contributed by atoms with van der Waals surface area (Å²) in [5, 5.41) is 9.77. The van der Waals surface area contributed by atoms with Crippen molar-refractivity contribution in [1.29, 1.82) is 5.26 Å². The summed E-state index contributed by atoms with van der Waals surface area (Å²) in [4.78, 5) is 12.7. The molecule has 0 saturated heterocycles. The van der Waals surface area contributed by atoms with Crippen LogP contribution in [0, 0.1) is 11.3 Å². The minimum Gasteiger partial charge on any atom is -0.303 e. The van der Waals surface area contributed by atoms with Crippen LogP contribution < -0.4 is 5.56 Å². The van der Waals surface area contributed by atoms with Gasteiger partial charge in [-0.05, 0) is 47.5 Å². The third kappa shape index (κ3) is 4.06. The van der Waals surface area contributed by atoms with E-state index < -0.39 is 17.3 Å². The standard InChI is InChI=1S/C20H11Cl2F3N2O/c21-16-6-4-12(8-17(16)22)11-27-18(7-5-14(10-26)19(27)28)13-2-1-3-15(9-13)20(23,24)25/h1-9H,11H2. The van der Waals surface area contributed by atoms with Crippen molar-refractivity contribution in [2.75, 3.05) is 0 Å². The molecule has 0 saturated carbocycles. The van der Waals surface area contributed by atoms with Gasteiger partial charge in [0.15, 0.2) is 0 Å². The van der Waals surface area contributed by atoms with Crippen molar-refractivity contribution in [2.24, 2.45) is 0 Å². The number of hydrogen-bond acceptors (Lipinski definition) is 2. The van der Waals surface area contributed by atoms with Crippen LogP contribution in [0.2, 0.25) is 10.0 Å². The Kier molecular flexibility index (Phi) is 5.50. The summed E-state index contributed by atoms with van der Waals surface area (Å²) in [5.41, 5.74) is -0.486. The molecule has 3 aromatic rings. The fourth-order valence-electron chi connectivity index (χ4n) is 2.75. The van der Waals surface area contributed by atoms with Crippen LogP contribution in [0.15, 0.2) is 59.4 Å². The van der Waals surface area contributed by atoms with Gasteiger partial charge in [-0.25, -0.2) is 0 Å². The summed E-state index contributed by atoms with van der Waals surface area (Å²) in [6, 6.07) is 14.0. The molecule has 3 rings (SSSR count). The molecule has 28 heavy (non-hydrogen) atoms. The van der Waals surface area contributed by atoms with E-state index in [1.54, 1.807) is 24.3 Å². The lowest BCUT2D eigenvalue weighted by Gasteiger charge is -2.15. The Hall–Kier alpha value is -2.75. The second kappa shape index (κ2) is 7.70. The zero-order valence-corrected chi connectivity index (χ0v) is 15.6. The molecule has 0 radical (unpaired) electrons. The lowest BCUT2D eigenvalue weighted by Crippen LogP contribution is -2.24. The van der Waals surface area contributed by atoms with Crippen LogP contribution in [0.5, 0.6) is 0 Å². The van der Waals surface area contributed by atoms with Crippen molar-refractivity contribution in [3.8, 4) is 17.3 Å². The Balaban J connectivity index is 2.17. The zero-order valence-electron chi connectivity index (χ0n) is 14.1. The van der Waals surface area contributed by atoms with Crippen LogP contribution in [0.3, 0.4) is 0 Å². The summed E-state index contributed by atoms with van der Waals surface area (Å²) in [6.07, 6.45) is -4.52. The molecule has 1 aromatic heterocycles. The average Bonchev–Trinajstić information content (AvgIpc) is 2.65. The highest BCUT2D eigenvalue weighted by molar-refractivity contribution is 6.42.